The van der Waals surface area contributed by atoms with E-state index < -0.39 is 0 Å². The highest BCUT2D eigenvalue weighted by molar-refractivity contribution is 5.03. The molecular formula is C9H17N3O. The second-order valence-electron chi connectivity index (χ2n) is 2.89. The summed E-state index contributed by atoms with van der Waals surface area (Å²) in [5.41, 5.74) is 0.968. The third-order valence-electron chi connectivity index (χ3n) is 1.86. The quantitative estimate of drug-likeness (QED) is 0.637. The van der Waals surface area contributed by atoms with E-state index in [2.05, 4.69) is 22.5 Å². The van der Waals surface area contributed by atoms with Crippen molar-refractivity contribution >= 4 is 0 Å². The van der Waals surface area contributed by atoms with Crippen LogP contribution in [0.5, 0.6) is 0 Å². The second-order valence-corrected chi connectivity index (χ2v) is 2.89. The highest BCUT2D eigenvalue weighted by Crippen LogP contribution is 2.02. The Morgan fingerprint density at radius 2 is 2.15 bits per heavy atom. The molecule has 0 radical (unpaired) electrons. The van der Waals surface area contributed by atoms with E-state index >= 15 is 0 Å². The first-order valence-corrected chi connectivity index (χ1v) is 4.65. The fourth-order valence-corrected chi connectivity index (χ4v) is 1.05. The number of hydrogen-bond acceptors (Lipinski definition) is 4. The van der Waals surface area contributed by atoms with Gasteiger partial charge in [0, 0.05) is 13.1 Å². The van der Waals surface area contributed by atoms with E-state index in [0.717, 1.165) is 37.6 Å². The molecule has 2 N–H and O–H groups in total. The lowest BCUT2D eigenvalue weighted by Crippen LogP contribution is -2.26. The van der Waals surface area contributed by atoms with Crippen LogP contribution in [0.2, 0.25) is 0 Å². The molecule has 1 aromatic heterocycles. The van der Waals surface area contributed by atoms with Gasteiger partial charge < -0.3 is 15.1 Å². The molecule has 0 spiro atoms. The fourth-order valence-electron chi connectivity index (χ4n) is 1.05. The Hall–Kier alpha value is -0.870. The molecule has 4 nitrogen and oxygen atoms in total. The number of oxazole rings is 1. The van der Waals surface area contributed by atoms with Crippen molar-refractivity contribution in [2.75, 3.05) is 19.6 Å². The van der Waals surface area contributed by atoms with Crippen LogP contribution in [0.15, 0.2) is 10.8 Å². The molecule has 0 aliphatic carbocycles. The Morgan fingerprint density at radius 1 is 1.38 bits per heavy atom. The maximum Gasteiger partial charge on any atom is 0.181 e. The largest absolute Gasteiger partial charge is 0.447 e. The van der Waals surface area contributed by atoms with Crippen molar-refractivity contribution in [3.63, 3.8) is 0 Å². The third kappa shape index (κ3) is 3.57. The number of nitrogens with one attached hydrogen (secondary N) is 2. The molecule has 0 saturated heterocycles. The molecule has 1 aromatic rings. The van der Waals surface area contributed by atoms with Gasteiger partial charge in [-0.1, -0.05) is 6.92 Å². The van der Waals surface area contributed by atoms with Gasteiger partial charge in [0.1, 0.15) is 5.76 Å². The van der Waals surface area contributed by atoms with Crippen molar-refractivity contribution in [1.29, 1.82) is 0 Å². The van der Waals surface area contributed by atoms with Crippen LogP contribution in [-0.2, 0) is 6.54 Å². The summed E-state index contributed by atoms with van der Waals surface area (Å²) in [6, 6.07) is 0. The smallest absolute Gasteiger partial charge is 0.181 e. The molecule has 13 heavy (non-hydrogen) atoms. The summed E-state index contributed by atoms with van der Waals surface area (Å²) in [4.78, 5) is 4.01. The number of nitrogens with zero attached hydrogens (tertiary/aromatic N) is 1. The van der Waals surface area contributed by atoms with Gasteiger partial charge in [0.2, 0.25) is 0 Å². The standard InChI is InChI=1S/C9H17N3O/c1-3-10-4-5-11-6-9-8(2)12-7-13-9/h7,10-11H,3-6H2,1-2H3. The highest BCUT2D eigenvalue weighted by Gasteiger charge is 2.00. The van der Waals surface area contributed by atoms with Crippen molar-refractivity contribution < 1.29 is 4.42 Å². The summed E-state index contributed by atoms with van der Waals surface area (Å²) >= 11 is 0. The minimum atomic E-state index is 0.761. The first-order chi connectivity index (χ1) is 6.34. The summed E-state index contributed by atoms with van der Waals surface area (Å²) in [5, 5.41) is 6.50. The predicted molar refractivity (Wildman–Crippen MR) is 51.5 cm³/mol. The van der Waals surface area contributed by atoms with Gasteiger partial charge >= 0.3 is 0 Å². The van der Waals surface area contributed by atoms with E-state index in [1.165, 1.54) is 6.39 Å². The van der Waals surface area contributed by atoms with Crippen LogP contribution in [0.3, 0.4) is 0 Å². The monoisotopic (exact) mass is 183 g/mol. The molecule has 0 aliphatic heterocycles. The topological polar surface area (TPSA) is 50.1 Å². The molecule has 4 heteroatoms. The molecule has 0 atom stereocenters. The van der Waals surface area contributed by atoms with Crippen molar-refractivity contribution in [2.45, 2.75) is 20.4 Å². The molecule has 0 aliphatic rings. The lowest BCUT2D eigenvalue weighted by Gasteiger charge is -2.02. The van der Waals surface area contributed by atoms with Crippen LogP contribution in [0.1, 0.15) is 18.4 Å². The zero-order chi connectivity index (χ0) is 9.52. The van der Waals surface area contributed by atoms with Crippen molar-refractivity contribution in [1.82, 2.24) is 15.6 Å². The minimum Gasteiger partial charge on any atom is -0.447 e. The fraction of sp³-hybridized carbons (Fsp3) is 0.667. The van der Waals surface area contributed by atoms with Gasteiger partial charge in [-0.25, -0.2) is 4.98 Å². The summed E-state index contributed by atoms with van der Waals surface area (Å²) in [7, 11) is 0. The average Bonchev–Trinajstić information content (AvgIpc) is 2.52. The Kier molecular flexibility index (Phi) is 4.49. The zero-order valence-electron chi connectivity index (χ0n) is 8.26. The Balaban J connectivity index is 2.10. The predicted octanol–water partition coefficient (Wildman–Crippen LogP) is 0.682. The van der Waals surface area contributed by atoms with E-state index in [9.17, 15) is 0 Å². The molecule has 0 fully saturated rings. The van der Waals surface area contributed by atoms with E-state index in [1.807, 2.05) is 6.92 Å². The normalized spacial score (nSPS) is 10.6. The van der Waals surface area contributed by atoms with E-state index in [0.29, 0.717) is 0 Å². The first-order valence-electron chi connectivity index (χ1n) is 4.65. The lowest BCUT2D eigenvalue weighted by atomic mass is 10.3. The molecule has 0 unspecified atom stereocenters. The zero-order valence-corrected chi connectivity index (χ0v) is 8.26. The minimum absolute atomic E-state index is 0.761. The summed E-state index contributed by atoms with van der Waals surface area (Å²) in [6.07, 6.45) is 1.48. The van der Waals surface area contributed by atoms with Crippen LogP contribution < -0.4 is 10.6 Å². The Bertz CT molecular complexity index is 235. The molecule has 74 valence electrons. The number of hydrogen-bond donors (Lipinski definition) is 2. The summed E-state index contributed by atoms with van der Waals surface area (Å²) in [6.45, 7) is 7.77. The second kappa shape index (κ2) is 5.72. The SMILES string of the molecule is CCNCCNCc1ocnc1C. The molecule has 0 amide bonds. The van der Waals surface area contributed by atoms with Crippen LogP contribution >= 0.6 is 0 Å². The average molecular weight is 183 g/mol. The Morgan fingerprint density at radius 3 is 2.77 bits per heavy atom. The Labute approximate surface area is 78.7 Å². The van der Waals surface area contributed by atoms with E-state index in [4.69, 9.17) is 4.42 Å². The van der Waals surface area contributed by atoms with Gasteiger partial charge in [0.05, 0.1) is 12.2 Å². The van der Waals surface area contributed by atoms with Crippen molar-refractivity contribution in [2.24, 2.45) is 0 Å². The van der Waals surface area contributed by atoms with Gasteiger partial charge in [-0.3, -0.25) is 0 Å². The lowest BCUT2D eigenvalue weighted by molar-refractivity contribution is 0.475. The number of likely N-dealkylation sites (N-methyl/N-ethyl adjacent to an activating group) is 1. The van der Waals surface area contributed by atoms with Crippen molar-refractivity contribution in [3.8, 4) is 0 Å². The molecule has 0 aromatic carbocycles. The maximum atomic E-state index is 5.18. The molecule has 1 heterocycles. The molecule has 0 saturated carbocycles. The molecule has 1 rings (SSSR count). The number of aromatic nitrogens is 1. The number of aryl methyl sites for hydroxylation is 1. The van der Waals surface area contributed by atoms with Gasteiger partial charge in [0.25, 0.3) is 0 Å². The van der Waals surface area contributed by atoms with E-state index in [-0.39, 0.29) is 0 Å². The van der Waals surface area contributed by atoms with Gasteiger partial charge in [-0.2, -0.15) is 0 Å². The van der Waals surface area contributed by atoms with Gasteiger partial charge in [-0.05, 0) is 13.5 Å². The third-order valence-corrected chi connectivity index (χ3v) is 1.86. The van der Waals surface area contributed by atoms with Crippen LogP contribution in [0, 0.1) is 6.92 Å². The van der Waals surface area contributed by atoms with Gasteiger partial charge in [0.15, 0.2) is 6.39 Å². The molecular weight excluding hydrogens is 166 g/mol. The number of rotatable bonds is 6. The van der Waals surface area contributed by atoms with Crippen LogP contribution in [-0.4, -0.2) is 24.6 Å². The van der Waals surface area contributed by atoms with Crippen LogP contribution in [0.25, 0.3) is 0 Å². The maximum absolute atomic E-state index is 5.18. The van der Waals surface area contributed by atoms with Gasteiger partial charge in [-0.15, -0.1) is 0 Å². The first kappa shape index (κ1) is 10.2. The highest BCUT2D eigenvalue weighted by atomic mass is 16.3. The molecule has 0 bridgehead atoms. The summed E-state index contributed by atoms with van der Waals surface area (Å²) < 4.78 is 5.18. The van der Waals surface area contributed by atoms with Crippen molar-refractivity contribution in [3.05, 3.63) is 17.8 Å². The van der Waals surface area contributed by atoms with E-state index in [1.54, 1.807) is 0 Å². The van der Waals surface area contributed by atoms with Crippen LogP contribution in [0.4, 0.5) is 0 Å². The summed E-state index contributed by atoms with van der Waals surface area (Å²) in [5.74, 6) is 0.927.